The first kappa shape index (κ1) is 12.2. The Balaban J connectivity index is 1.92. The zero-order chi connectivity index (χ0) is 13.2. The molecule has 0 spiro atoms. The Morgan fingerprint density at radius 2 is 2.00 bits per heavy atom. The number of amides is 1. The Labute approximate surface area is 119 Å². The van der Waals surface area contributed by atoms with Crippen LogP contribution >= 0.6 is 15.9 Å². The number of halogens is 1. The van der Waals surface area contributed by atoms with Crippen LogP contribution in [0.5, 0.6) is 5.75 Å². The lowest BCUT2D eigenvalue weighted by Crippen LogP contribution is -2.13. The third-order valence-corrected chi connectivity index (χ3v) is 3.48. The number of rotatable bonds is 2. The molecule has 3 rings (SSSR count). The molecule has 1 heterocycles. The minimum absolute atomic E-state index is 0.148. The van der Waals surface area contributed by atoms with E-state index in [1.165, 1.54) is 0 Å². The molecule has 0 bridgehead atoms. The maximum absolute atomic E-state index is 12.3. The van der Waals surface area contributed by atoms with Crippen molar-refractivity contribution in [2.24, 2.45) is 0 Å². The van der Waals surface area contributed by atoms with Gasteiger partial charge in [-0.05, 0) is 29.8 Å². The average molecular weight is 318 g/mol. The van der Waals surface area contributed by atoms with Crippen LogP contribution in [0.4, 0.5) is 5.69 Å². The predicted octanol–water partition coefficient (Wildman–Crippen LogP) is 3.64. The number of carbonyl (C=O) groups is 1. The van der Waals surface area contributed by atoms with Gasteiger partial charge in [-0.15, -0.1) is 0 Å². The Bertz CT molecular complexity index is 626. The molecular weight excluding hydrogens is 306 g/mol. The van der Waals surface area contributed by atoms with Crippen molar-refractivity contribution in [3.05, 3.63) is 58.1 Å². The molecular formula is C15H12BrNO2. The van der Waals surface area contributed by atoms with E-state index >= 15 is 0 Å². The van der Waals surface area contributed by atoms with E-state index in [4.69, 9.17) is 4.74 Å². The lowest BCUT2D eigenvalue weighted by molar-refractivity contribution is 0.102. The van der Waals surface area contributed by atoms with Crippen molar-refractivity contribution in [3.8, 4) is 5.75 Å². The van der Waals surface area contributed by atoms with E-state index in [1.54, 1.807) is 6.07 Å². The molecule has 19 heavy (non-hydrogen) atoms. The van der Waals surface area contributed by atoms with E-state index < -0.39 is 0 Å². The van der Waals surface area contributed by atoms with E-state index in [1.807, 2.05) is 36.4 Å². The summed E-state index contributed by atoms with van der Waals surface area (Å²) < 4.78 is 6.46. The van der Waals surface area contributed by atoms with E-state index in [2.05, 4.69) is 21.2 Å². The second kappa shape index (κ2) is 5.05. The number of hydrogen-bond donors (Lipinski definition) is 1. The normalized spacial score (nSPS) is 12.7. The van der Waals surface area contributed by atoms with Gasteiger partial charge in [0.1, 0.15) is 5.75 Å². The first-order valence-electron chi connectivity index (χ1n) is 6.05. The first-order valence-corrected chi connectivity index (χ1v) is 6.85. The van der Waals surface area contributed by atoms with E-state index in [0.29, 0.717) is 17.9 Å². The molecule has 4 heteroatoms. The Hall–Kier alpha value is -1.81. The van der Waals surface area contributed by atoms with E-state index in [-0.39, 0.29) is 5.91 Å². The molecule has 0 saturated heterocycles. The monoisotopic (exact) mass is 317 g/mol. The number of carbonyl (C=O) groups excluding carboxylic acids is 1. The van der Waals surface area contributed by atoms with Gasteiger partial charge in [0.15, 0.2) is 0 Å². The molecule has 2 aromatic carbocycles. The molecule has 1 aliphatic heterocycles. The maximum atomic E-state index is 12.3. The Kier molecular flexibility index (Phi) is 3.25. The Morgan fingerprint density at radius 1 is 1.21 bits per heavy atom. The third-order valence-electron chi connectivity index (χ3n) is 3.02. The summed E-state index contributed by atoms with van der Waals surface area (Å²) in [5, 5.41) is 2.88. The highest BCUT2D eigenvalue weighted by Gasteiger charge is 2.21. The van der Waals surface area contributed by atoms with Crippen LogP contribution in [0.15, 0.2) is 46.9 Å². The summed E-state index contributed by atoms with van der Waals surface area (Å²) in [6, 6.07) is 13.2. The van der Waals surface area contributed by atoms with Crippen molar-refractivity contribution < 1.29 is 9.53 Å². The van der Waals surface area contributed by atoms with Crippen LogP contribution in [0, 0.1) is 0 Å². The average Bonchev–Trinajstić information content (AvgIpc) is 2.86. The number of fused-ring (bicyclic) bond motifs is 1. The second-order valence-electron chi connectivity index (χ2n) is 4.36. The third kappa shape index (κ3) is 2.49. The van der Waals surface area contributed by atoms with Crippen molar-refractivity contribution in [2.75, 3.05) is 11.9 Å². The molecule has 0 atom stereocenters. The fourth-order valence-electron chi connectivity index (χ4n) is 2.16. The van der Waals surface area contributed by atoms with Gasteiger partial charge < -0.3 is 10.1 Å². The van der Waals surface area contributed by atoms with E-state index in [9.17, 15) is 4.79 Å². The summed E-state index contributed by atoms with van der Waals surface area (Å²) in [7, 11) is 0. The largest absolute Gasteiger partial charge is 0.492 e. The first-order chi connectivity index (χ1) is 9.24. The smallest absolute Gasteiger partial charge is 0.259 e. The molecule has 0 aliphatic carbocycles. The molecule has 0 radical (unpaired) electrons. The minimum atomic E-state index is -0.148. The summed E-state index contributed by atoms with van der Waals surface area (Å²) in [4.78, 5) is 12.3. The molecule has 96 valence electrons. The van der Waals surface area contributed by atoms with Gasteiger partial charge in [0.2, 0.25) is 0 Å². The summed E-state index contributed by atoms with van der Waals surface area (Å²) in [6.45, 7) is 0.636. The van der Waals surface area contributed by atoms with Crippen LogP contribution in [0.3, 0.4) is 0 Å². The van der Waals surface area contributed by atoms with Gasteiger partial charge >= 0.3 is 0 Å². The fourth-order valence-corrected chi connectivity index (χ4v) is 2.66. The van der Waals surface area contributed by atoms with Crippen LogP contribution in [-0.2, 0) is 6.42 Å². The van der Waals surface area contributed by atoms with Gasteiger partial charge in [0.05, 0.1) is 12.2 Å². The molecule has 0 fully saturated rings. The van der Waals surface area contributed by atoms with E-state index in [0.717, 1.165) is 22.1 Å². The van der Waals surface area contributed by atoms with Crippen molar-refractivity contribution in [2.45, 2.75) is 6.42 Å². The zero-order valence-corrected chi connectivity index (χ0v) is 11.7. The highest BCUT2D eigenvalue weighted by atomic mass is 79.9. The molecule has 1 aliphatic rings. The molecule has 1 amide bonds. The molecule has 0 aromatic heterocycles. The molecule has 0 saturated carbocycles. The summed E-state index contributed by atoms with van der Waals surface area (Å²) in [5.74, 6) is 0.558. The zero-order valence-electron chi connectivity index (χ0n) is 10.2. The molecule has 0 unspecified atom stereocenters. The molecule has 1 N–H and O–H groups in total. The second-order valence-corrected chi connectivity index (χ2v) is 5.28. The van der Waals surface area contributed by atoms with Gasteiger partial charge in [0.25, 0.3) is 5.91 Å². The van der Waals surface area contributed by atoms with Crippen LogP contribution in [0.1, 0.15) is 15.9 Å². The number of nitrogens with one attached hydrogen (secondary N) is 1. The van der Waals surface area contributed by atoms with Gasteiger partial charge in [-0.25, -0.2) is 0 Å². The topological polar surface area (TPSA) is 38.3 Å². The summed E-state index contributed by atoms with van der Waals surface area (Å²) in [5.41, 5.74) is 2.43. The highest BCUT2D eigenvalue weighted by Crippen LogP contribution is 2.33. The van der Waals surface area contributed by atoms with Crippen molar-refractivity contribution in [3.63, 3.8) is 0 Å². The number of para-hydroxylation sites is 1. The number of benzene rings is 2. The van der Waals surface area contributed by atoms with Gasteiger partial charge in [-0.1, -0.05) is 34.1 Å². The lowest BCUT2D eigenvalue weighted by atomic mass is 10.1. The van der Waals surface area contributed by atoms with Crippen LogP contribution in [0.25, 0.3) is 0 Å². The number of anilines is 1. The van der Waals surface area contributed by atoms with Crippen LogP contribution in [0.2, 0.25) is 0 Å². The standard InChI is InChI=1S/C15H12BrNO2/c16-11-8-10-6-7-19-14(10)13(9-11)15(18)17-12-4-2-1-3-5-12/h1-5,8-9H,6-7H2,(H,17,18). The van der Waals surface area contributed by atoms with Crippen molar-refractivity contribution in [1.29, 1.82) is 0 Å². The quantitative estimate of drug-likeness (QED) is 0.918. The fraction of sp³-hybridized carbons (Fsp3) is 0.133. The highest BCUT2D eigenvalue weighted by molar-refractivity contribution is 9.10. The van der Waals surface area contributed by atoms with Gasteiger partial charge in [0, 0.05) is 16.6 Å². The maximum Gasteiger partial charge on any atom is 0.259 e. The summed E-state index contributed by atoms with van der Waals surface area (Å²) in [6.07, 6.45) is 0.848. The number of hydrogen-bond acceptors (Lipinski definition) is 2. The van der Waals surface area contributed by atoms with Gasteiger partial charge in [-0.3, -0.25) is 4.79 Å². The lowest BCUT2D eigenvalue weighted by Gasteiger charge is -2.09. The van der Waals surface area contributed by atoms with Crippen molar-refractivity contribution >= 4 is 27.5 Å². The van der Waals surface area contributed by atoms with Crippen molar-refractivity contribution in [1.82, 2.24) is 0 Å². The van der Waals surface area contributed by atoms with Gasteiger partial charge in [-0.2, -0.15) is 0 Å². The number of ether oxygens (including phenoxy) is 1. The summed E-state index contributed by atoms with van der Waals surface area (Å²) >= 11 is 3.43. The minimum Gasteiger partial charge on any atom is -0.492 e. The van der Waals surface area contributed by atoms with Crippen LogP contribution < -0.4 is 10.1 Å². The predicted molar refractivity (Wildman–Crippen MR) is 77.7 cm³/mol. The Morgan fingerprint density at radius 3 is 2.79 bits per heavy atom. The SMILES string of the molecule is O=C(Nc1ccccc1)c1cc(Br)cc2c1OCC2. The molecule has 3 nitrogen and oxygen atoms in total. The van der Waals surface area contributed by atoms with Crippen LogP contribution in [-0.4, -0.2) is 12.5 Å². The molecule has 2 aromatic rings.